The van der Waals surface area contributed by atoms with Crippen molar-refractivity contribution in [1.29, 1.82) is 0 Å². The molecule has 1 amide bonds. The molecule has 0 atom stereocenters. The molecule has 4 rings (SSSR count). The first-order chi connectivity index (χ1) is 16.1. The van der Waals surface area contributed by atoms with E-state index in [0.29, 0.717) is 17.7 Å². The van der Waals surface area contributed by atoms with Crippen LogP contribution in [-0.2, 0) is 11.3 Å². The molecule has 3 aromatic carbocycles. The molecule has 168 valence electrons. The van der Waals surface area contributed by atoms with Gasteiger partial charge in [0.1, 0.15) is 0 Å². The van der Waals surface area contributed by atoms with Crippen molar-refractivity contribution in [1.82, 2.24) is 5.32 Å². The molecule has 0 unspecified atom stereocenters. The Balaban J connectivity index is 1.50. The number of nitrogens with one attached hydrogen (secondary N) is 1. The van der Waals surface area contributed by atoms with Gasteiger partial charge >= 0.3 is 0 Å². The van der Waals surface area contributed by atoms with Crippen molar-refractivity contribution >= 4 is 28.9 Å². The van der Waals surface area contributed by atoms with Crippen LogP contribution in [0.3, 0.4) is 0 Å². The fourth-order valence-corrected chi connectivity index (χ4v) is 4.05. The second kappa shape index (κ2) is 10.6. The lowest BCUT2D eigenvalue weighted by Crippen LogP contribution is -2.29. The second-order valence-electron chi connectivity index (χ2n) is 8.17. The van der Waals surface area contributed by atoms with Crippen molar-refractivity contribution in [3.05, 3.63) is 106 Å². The smallest absolute Gasteiger partial charge is 0.270 e. The van der Waals surface area contributed by atoms with Crippen molar-refractivity contribution in [3.63, 3.8) is 0 Å². The van der Waals surface area contributed by atoms with Gasteiger partial charge in [0.2, 0.25) is 0 Å². The SMILES string of the molecule is O=C(NCc1ccc(N2CCCCC2)cc1)/C(=C/c1cccc([N+](=O)[O-])c1)c1ccccc1. The van der Waals surface area contributed by atoms with Crippen LogP contribution in [0.2, 0.25) is 0 Å². The van der Waals surface area contributed by atoms with Gasteiger partial charge in [-0.3, -0.25) is 14.9 Å². The molecular formula is C27H27N3O3. The van der Waals surface area contributed by atoms with Gasteiger partial charge in [-0.2, -0.15) is 0 Å². The van der Waals surface area contributed by atoms with Crippen LogP contribution < -0.4 is 10.2 Å². The molecule has 1 aliphatic heterocycles. The fraction of sp³-hybridized carbons (Fsp3) is 0.222. The van der Waals surface area contributed by atoms with E-state index < -0.39 is 4.92 Å². The van der Waals surface area contributed by atoms with Crippen LogP contribution >= 0.6 is 0 Å². The number of anilines is 1. The molecular weight excluding hydrogens is 414 g/mol. The average molecular weight is 442 g/mol. The molecule has 0 spiro atoms. The zero-order valence-corrected chi connectivity index (χ0v) is 18.4. The maximum absolute atomic E-state index is 13.1. The van der Waals surface area contributed by atoms with E-state index in [-0.39, 0.29) is 11.6 Å². The molecule has 3 aromatic rings. The Morgan fingerprint density at radius 1 is 0.939 bits per heavy atom. The quantitative estimate of drug-likeness (QED) is 0.229. The fourth-order valence-electron chi connectivity index (χ4n) is 4.05. The molecule has 33 heavy (non-hydrogen) atoms. The van der Waals surface area contributed by atoms with E-state index in [4.69, 9.17) is 0 Å². The minimum absolute atomic E-state index is 0.00892. The number of rotatable bonds is 7. The lowest BCUT2D eigenvalue weighted by Gasteiger charge is -2.28. The number of hydrogen-bond acceptors (Lipinski definition) is 4. The Labute approximate surface area is 193 Å². The molecule has 1 aliphatic rings. The Kier molecular flexibility index (Phi) is 7.15. The summed E-state index contributed by atoms with van der Waals surface area (Å²) in [4.78, 5) is 26.2. The Morgan fingerprint density at radius 3 is 2.36 bits per heavy atom. The number of amides is 1. The van der Waals surface area contributed by atoms with Gasteiger partial charge in [0.15, 0.2) is 0 Å². The number of carbonyl (C=O) groups is 1. The van der Waals surface area contributed by atoms with Crippen LogP contribution in [0.25, 0.3) is 11.6 Å². The van der Waals surface area contributed by atoms with E-state index in [1.165, 1.54) is 37.1 Å². The van der Waals surface area contributed by atoms with Gasteiger partial charge in [-0.15, -0.1) is 0 Å². The van der Waals surface area contributed by atoms with Crippen molar-refractivity contribution in [2.45, 2.75) is 25.8 Å². The molecule has 0 aliphatic carbocycles. The van der Waals surface area contributed by atoms with Crippen LogP contribution in [0.4, 0.5) is 11.4 Å². The summed E-state index contributed by atoms with van der Waals surface area (Å²) in [7, 11) is 0. The first-order valence-electron chi connectivity index (χ1n) is 11.2. The highest BCUT2D eigenvalue weighted by atomic mass is 16.6. The summed E-state index contributed by atoms with van der Waals surface area (Å²) in [6, 6.07) is 23.9. The van der Waals surface area contributed by atoms with Crippen LogP contribution in [0.15, 0.2) is 78.9 Å². The number of hydrogen-bond donors (Lipinski definition) is 1. The van der Waals surface area contributed by atoms with Gasteiger partial charge in [-0.05, 0) is 54.2 Å². The summed E-state index contributed by atoms with van der Waals surface area (Å²) < 4.78 is 0. The normalized spacial score (nSPS) is 14.1. The average Bonchev–Trinajstić information content (AvgIpc) is 2.87. The summed E-state index contributed by atoms with van der Waals surface area (Å²) in [5.74, 6) is -0.229. The van der Waals surface area contributed by atoms with Gasteiger partial charge in [0, 0.05) is 43.0 Å². The maximum atomic E-state index is 13.1. The van der Waals surface area contributed by atoms with Crippen molar-refractivity contribution in [3.8, 4) is 0 Å². The number of nitro benzene ring substituents is 1. The molecule has 6 nitrogen and oxygen atoms in total. The van der Waals surface area contributed by atoms with Crippen molar-refractivity contribution in [2.75, 3.05) is 18.0 Å². The van der Waals surface area contributed by atoms with Crippen LogP contribution in [0.1, 0.15) is 36.0 Å². The van der Waals surface area contributed by atoms with E-state index in [1.54, 1.807) is 18.2 Å². The number of nitrogens with zero attached hydrogens (tertiary/aromatic N) is 2. The standard InChI is InChI=1S/C27H27N3O3/c31-27(28-20-21-12-14-24(15-13-21)29-16-5-2-6-17-29)26(23-9-3-1-4-10-23)19-22-8-7-11-25(18-22)30(32)33/h1,3-4,7-15,18-19H,2,5-6,16-17,20H2,(H,28,31)/b26-19+. The predicted molar refractivity (Wildman–Crippen MR) is 132 cm³/mol. The molecule has 1 N–H and O–H groups in total. The van der Waals surface area contributed by atoms with Gasteiger partial charge in [-0.25, -0.2) is 0 Å². The number of carbonyl (C=O) groups excluding carboxylic acids is 1. The first-order valence-corrected chi connectivity index (χ1v) is 11.2. The molecule has 0 saturated carbocycles. The highest BCUT2D eigenvalue weighted by Crippen LogP contribution is 2.23. The zero-order valence-electron chi connectivity index (χ0n) is 18.4. The molecule has 1 saturated heterocycles. The molecule has 1 fully saturated rings. The highest BCUT2D eigenvalue weighted by molar-refractivity contribution is 6.24. The zero-order chi connectivity index (χ0) is 23.0. The third-order valence-corrected chi connectivity index (χ3v) is 5.83. The predicted octanol–water partition coefficient (Wildman–Crippen LogP) is 5.44. The Morgan fingerprint density at radius 2 is 1.67 bits per heavy atom. The van der Waals surface area contributed by atoms with E-state index in [0.717, 1.165) is 24.2 Å². The van der Waals surface area contributed by atoms with Crippen LogP contribution in [-0.4, -0.2) is 23.9 Å². The summed E-state index contributed by atoms with van der Waals surface area (Å²) >= 11 is 0. The minimum atomic E-state index is -0.437. The molecule has 1 heterocycles. The first kappa shape index (κ1) is 22.3. The number of piperidine rings is 1. The third-order valence-electron chi connectivity index (χ3n) is 5.83. The molecule has 0 bridgehead atoms. The highest BCUT2D eigenvalue weighted by Gasteiger charge is 2.14. The van der Waals surface area contributed by atoms with Crippen LogP contribution in [0, 0.1) is 10.1 Å². The summed E-state index contributed by atoms with van der Waals surface area (Å²) in [6.45, 7) is 2.59. The van der Waals surface area contributed by atoms with Crippen LogP contribution in [0.5, 0.6) is 0 Å². The number of benzene rings is 3. The monoisotopic (exact) mass is 441 g/mol. The second-order valence-corrected chi connectivity index (χ2v) is 8.17. The summed E-state index contributed by atoms with van der Waals surface area (Å²) in [6.07, 6.45) is 5.46. The summed E-state index contributed by atoms with van der Waals surface area (Å²) in [5.41, 5.74) is 4.05. The Bertz CT molecular complexity index is 1130. The van der Waals surface area contributed by atoms with Gasteiger partial charge in [0.05, 0.1) is 4.92 Å². The topological polar surface area (TPSA) is 75.5 Å². The largest absolute Gasteiger partial charge is 0.372 e. The molecule has 0 radical (unpaired) electrons. The Hall–Kier alpha value is -3.93. The van der Waals surface area contributed by atoms with Crippen molar-refractivity contribution in [2.24, 2.45) is 0 Å². The lowest BCUT2D eigenvalue weighted by atomic mass is 10.0. The molecule has 0 aromatic heterocycles. The van der Waals surface area contributed by atoms with Gasteiger partial charge in [0.25, 0.3) is 11.6 Å². The minimum Gasteiger partial charge on any atom is -0.372 e. The molecule has 6 heteroatoms. The van der Waals surface area contributed by atoms with E-state index in [9.17, 15) is 14.9 Å². The third kappa shape index (κ3) is 5.86. The number of nitro groups is 1. The van der Waals surface area contributed by atoms with E-state index in [1.807, 2.05) is 30.3 Å². The van der Waals surface area contributed by atoms with Gasteiger partial charge in [-0.1, -0.05) is 54.6 Å². The van der Waals surface area contributed by atoms with E-state index in [2.05, 4.69) is 34.5 Å². The van der Waals surface area contributed by atoms with Crippen molar-refractivity contribution < 1.29 is 9.72 Å². The lowest BCUT2D eigenvalue weighted by molar-refractivity contribution is -0.384. The number of non-ortho nitro benzene ring substituents is 1. The summed E-state index contributed by atoms with van der Waals surface area (Å²) in [5, 5.41) is 14.1. The van der Waals surface area contributed by atoms with Gasteiger partial charge < -0.3 is 10.2 Å². The maximum Gasteiger partial charge on any atom is 0.270 e. The van der Waals surface area contributed by atoms with E-state index >= 15 is 0 Å².